The molecule has 0 heterocycles. The van der Waals surface area contributed by atoms with Gasteiger partial charge in [0.2, 0.25) is 0 Å². The number of aliphatic hydroxyl groups is 1. The zero-order valence-electron chi connectivity index (χ0n) is 18.9. The molecule has 0 unspecified atom stereocenters. The maximum Gasteiger partial charge on any atom is 0.0727 e. The van der Waals surface area contributed by atoms with Crippen LogP contribution in [0.3, 0.4) is 0 Å². The van der Waals surface area contributed by atoms with Gasteiger partial charge in [0.25, 0.3) is 0 Å². The molecule has 28 heavy (non-hydrogen) atoms. The predicted octanol–water partition coefficient (Wildman–Crippen LogP) is 7.23. The first-order valence-electron chi connectivity index (χ1n) is 12.1. The molecule has 0 aromatic carbocycles. The molecule has 1 nitrogen and oxygen atoms in total. The van der Waals surface area contributed by atoms with Crippen molar-refractivity contribution in [2.75, 3.05) is 0 Å². The van der Waals surface area contributed by atoms with Gasteiger partial charge in [0, 0.05) is 0 Å². The summed E-state index contributed by atoms with van der Waals surface area (Å²) >= 11 is 0. The lowest BCUT2D eigenvalue weighted by Gasteiger charge is -2.51. The first-order valence-corrected chi connectivity index (χ1v) is 12.1. The van der Waals surface area contributed by atoms with E-state index in [0.717, 1.165) is 30.6 Å². The van der Waals surface area contributed by atoms with E-state index in [1.54, 1.807) is 5.57 Å². The molecule has 0 amide bonds. The molecule has 4 rings (SSSR count). The summed E-state index contributed by atoms with van der Waals surface area (Å²) in [5, 5.41) is 10.1. The Labute approximate surface area is 173 Å². The summed E-state index contributed by atoms with van der Waals surface area (Å²) in [5.41, 5.74) is 5.59. The summed E-state index contributed by atoms with van der Waals surface area (Å²) in [7, 11) is 0. The summed E-state index contributed by atoms with van der Waals surface area (Å²) in [5.74, 6) is 3.23. The predicted molar refractivity (Wildman–Crippen MR) is 119 cm³/mol. The maximum absolute atomic E-state index is 10.1. The van der Waals surface area contributed by atoms with Crippen molar-refractivity contribution >= 4 is 0 Å². The molecule has 6 atom stereocenters. The lowest BCUT2D eigenvalue weighted by Crippen LogP contribution is -2.42. The average molecular weight is 383 g/mol. The smallest absolute Gasteiger partial charge is 0.0727 e. The second-order valence-electron chi connectivity index (χ2n) is 11.4. The van der Waals surface area contributed by atoms with E-state index in [1.165, 1.54) is 50.5 Å². The van der Waals surface area contributed by atoms with Crippen LogP contribution in [0.1, 0.15) is 92.4 Å². The average Bonchev–Trinajstić information content (AvgIpc) is 2.99. The van der Waals surface area contributed by atoms with Crippen LogP contribution >= 0.6 is 0 Å². The van der Waals surface area contributed by atoms with Gasteiger partial charge in [0.15, 0.2) is 0 Å². The Kier molecular flexibility index (Phi) is 5.45. The van der Waals surface area contributed by atoms with Crippen LogP contribution in [0.4, 0.5) is 0 Å². The van der Waals surface area contributed by atoms with Gasteiger partial charge in [-0.3, -0.25) is 0 Å². The van der Waals surface area contributed by atoms with Gasteiger partial charge in [-0.1, -0.05) is 77.7 Å². The SMILES string of the molecule is CC(C)CCC[C@@H](C)[C@H]1CCC2=C3C=CC4=C[C@@H](O)CC[C@]4(C)[C@H]3CC[C@@]21C. The number of allylic oxidation sites excluding steroid dienone is 5. The minimum atomic E-state index is -0.238. The molecule has 1 fully saturated rings. The first kappa shape index (κ1) is 20.5. The summed E-state index contributed by atoms with van der Waals surface area (Å²) in [6.07, 6.45) is 18.4. The highest BCUT2D eigenvalue weighted by atomic mass is 16.3. The van der Waals surface area contributed by atoms with Gasteiger partial charge < -0.3 is 5.11 Å². The van der Waals surface area contributed by atoms with E-state index < -0.39 is 0 Å². The molecule has 1 heteroatoms. The third-order valence-corrected chi connectivity index (χ3v) is 9.22. The maximum atomic E-state index is 10.1. The fourth-order valence-corrected chi connectivity index (χ4v) is 7.46. The van der Waals surface area contributed by atoms with Gasteiger partial charge in [0.1, 0.15) is 0 Å². The molecule has 0 aromatic rings. The lowest BCUT2D eigenvalue weighted by atomic mass is 9.53. The van der Waals surface area contributed by atoms with Crippen LogP contribution in [0, 0.1) is 34.5 Å². The van der Waals surface area contributed by atoms with Crippen LogP contribution in [0.25, 0.3) is 0 Å². The molecular formula is C27H42O. The molecule has 0 aliphatic heterocycles. The van der Waals surface area contributed by atoms with Gasteiger partial charge >= 0.3 is 0 Å². The van der Waals surface area contributed by atoms with E-state index in [2.05, 4.69) is 52.8 Å². The van der Waals surface area contributed by atoms with E-state index in [0.29, 0.717) is 11.3 Å². The first-order chi connectivity index (χ1) is 13.3. The number of fused-ring (bicyclic) bond motifs is 4. The Morgan fingerprint density at radius 3 is 2.50 bits per heavy atom. The van der Waals surface area contributed by atoms with Crippen molar-refractivity contribution in [3.8, 4) is 0 Å². The number of aliphatic hydroxyl groups excluding tert-OH is 1. The quantitative estimate of drug-likeness (QED) is 0.532. The molecule has 0 bridgehead atoms. The highest BCUT2D eigenvalue weighted by Gasteiger charge is 2.53. The number of hydrogen-bond donors (Lipinski definition) is 1. The van der Waals surface area contributed by atoms with Gasteiger partial charge in [-0.25, -0.2) is 0 Å². The molecule has 156 valence electrons. The van der Waals surface area contributed by atoms with Crippen molar-refractivity contribution in [2.45, 2.75) is 98.5 Å². The fraction of sp³-hybridized carbons (Fsp3) is 0.778. The van der Waals surface area contributed by atoms with E-state index in [1.807, 2.05) is 5.57 Å². The summed E-state index contributed by atoms with van der Waals surface area (Å²) in [6, 6.07) is 0. The van der Waals surface area contributed by atoms with Crippen molar-refractivity contribution < 1.29 is 5.11 Å². The second-order valence-corrected chi connectivity index (χ2v) is 11.4. The van der Waals surface area contributed by atoms with Gasteiger partial charge in [-0.2, -0.15) is 0 Å². The van der Waals surface area contributed by atoms with Crippen LogP contribution in [0.5, 0.6) is 0 Å². The second kappa shape index (κ2) is 7.46. The zero-order chi connectivity index (χ0) is 20.1. The van der Waals surface area contributed by atoms with E-state index in [9.17, 15) is 5.11 Å². The third kappa shape index (κ3) is 3.26. The Bertz CT molecular complexity index is 695. The number of hydrogen-bond acceptors (Lipinski definition) is 1. The van der Waals surface area contributed by atoms with Crippen LogP contribution < -0.4 is 0 Å². The topological polar surface area (TPSA) is 20.2 Å². The normalized spacial score (nSPS) is 40.8. The summed E-state index contributed by atoms with van der Waals surface area (Å²) in [6.45, 7) is 12.3. The van der Waals surface area contributed by atoms with Crippen molar-refractivity contribution in [2.24, 2.45) is 34.5 Å². The van der Waals surface area contributed by atoms with Crippen LogP contribution in [-0.2, 0) is 0 Å². The Hall–Kier alpha value is -0.820. The Morgan fingerprint density at radius 1 is 1.00 bits per heavy atom. The highest BCUT2D eigenvalue weighted by Crippen LogP contribution is 2.63. The summed E-state index contributed by atoms with van der Waals surface area (Å²) in [4.78, 5) is 0. The van der Waals surface area contributed by atoms with Gasteiger partial charge in [-0.15, -0.1) is 0 Å². The van der Waals surface area contributed by atoms with Crippen molar-refractivity contribution in [1.29, 1.82) is 0 Å². The van der Waals surface area contributed by atoms with Crippen LogP contribution in [0.15, 0.2) is 34.9 Å². The number of rotatable bonds is 5. The standard InChI is InChI=1S/C27H42O/c1-18(2)7-6-8-19(3)23-11-12-24-22-10-9-20-17-21(28)13-15-26(20,4)25(22)14-16-27(23,24)5/h9-10,17-19,21,23,25,28H,6-8,11-16H2,1-5H3/t19-,21+,23-,25+,26+,27-/m1/s1. The van der Waals surface area contributed by atoms with E-state index in [-0.39, 0.29) is 11.5 Å². The van der Waals surface area contributed by atoms with Crippen LogP contribution in [-0.4, -0.2) is 11.2 Å². The minimum absolute atomic E-state index is 0.238. The molecule has 4 aliphatic rings. The highest BCUT2D eigenvalue weighted by molar-refractivity contribution is 5.49. The van der Waals surface area contributed by atoms with Gasteiger partial charge in [-0.05, 0) is 84.2 Å². The lowest BCUT2D eigenvalue weighted by molar-refractivity contribution is 0.107. The third-order valence-electron chi connectivity index (χ3n) is 9.22. The zero-order valence-corrected chi connectivity index (χ0v) is 18.9. The van der Waals surface area contributed by atoms with E-state index in [4.69, 9.17) is 0 Å². The molecule has 4 aliphatic carbocycles. The molecule has 0 saturated heterocycles. The Balaban J connectivity index is 1.60. The molecule has 1 saturated carbocycles. The molecule has 0 spiro atoms. The monoisotopic (exact) mass is 382 g/mol. The van der Waals surface area contributed by atoms with Crippen molar-refractivity contribution in [3.63, 3.8) is 0 Å². The van der Waals surface area contributed by atoms with E-state index >= 15 is 0 Å². The molecule has 0 aromatic heterocycles. The molecule has 1 N–H and O–H groups in total. The van der Waals surface area contributed by atoms with Crippen molar-refractivity contribution in [1.82, 2.24) is 0 Å². The minimum Gasteiger partial charge on any atom is -0.389 e. The van der Waals surface area contributed by atoms with Gasteiger partial charge in [0.05, 0.1) is 6.10 Å². The van der Waals surface area contributed by atoms with Crippen LogP contribution in [0.2, 0.25) is 0 Å². The fourth-order valence-electron chi connectivity index (χ4n) is 7.46. The molecular weight excluding hydrogens is 340 g/mol. The van der Waals surface area contributed by atoms with Crippen molar-refractivity contribution in [3.05, 3.63) is 34.9 Å². The molecule has 0 radical (unpaired) electrons. The Morgan fingerprint density at radius 2 is 1.75 bits per heavy atom. The summed E-state index contributed by atoms with van der Waals surface area (Å²) < 4.78 is 0. The largest absolute Gasteiger partial charge is 0.389 e.